The summed E-state index contributed by atoms with van der Waals surface area (Å²) in [6.07, 6.45) is 69.8. The minimum Gasteiger partial charge on any atom is -0.756 e. The number of hydrogen-bond acceptors (Lipinski definition) is 6. The number of phosphoric ester groups is 1. The van der Waals surface area contributed by atoms with Crippen LogP contribution in [0.1, 0.15) is 251 Å². The molecule has 0 spiro atoms. The molecule has 2 N–H and O–H groups in total. The first-order valence-corrected chi connectivity index (χ1v) is 30.3. The Labute approximate surface area is 427 Å². The highest BCUT2D eigenvalue weighted by molar-refractivity contribution is 7.45. The number of nitrogens with zero attached hydrogens (tertiary/aromatic N) is 1. The van der Waals surface area contributed by atoms with Crippen LogP contribution >= 0.6 is 7.82 Å². The monoisotopic (exact) mass is 987 g/mol. The van der Waals surface area contributed by atoms with Gasteiger partial charge in [0.05, 0.1) is 39.9 Å². The van der Waals surface area contributed by atoms with Crippen LogP contribution in [0, 0.1) is 0 Å². The van der Waals surface area contributed by atoms with Crippen molar-refractivity contribution in [3.63, 3.8) is 0 Å². The summed E-state index contributed by atoms with van der Waals surface area (Å²) < 4.78 is 23.3. The third-order valence-electron chi connectivity index (χ3n) is 12.6. The smallest absolute Gasteiger partial charge is 0.268 e. The molecule has 0 aromatic carbocycles. The molecule has 0 aliphatic carbocycles. The minimum absolute atomic E-state index is 0.0125. The molecular formula is C60H111N2O6P. The zero-order valence-corrected chi connectivity index (χ0v) is 46.6. The minimum atomic E-state index is -4.61. The van der Waals surface area contributed by atoms with Crippen molar-refractivity contribution in [2.24, 2.45) is 0 Å². The van der Waals surface area contributed by atoms with Gasteiger partial charge in [0.1, 0.15) is 13.2 Å². The van der Waals surface area contributed by atoms with Crippen molar-refractivity contribution >= 4 is 13.7 Å². The summed E-state index contributed by atoms with van der Waals surface area (Å²) in [6.45, 7) is 4.62. The van der Waals surface area contributed by atoms with Crippen LogP contribution in [0.2, 0.25) is 0 Å². The maximum Gasteiger partial charge on any atom is 0.268 e. The number of aliphatic hydroxyl groups is 1. The van der Waals surface area contributed by atoms with Gasteiger partial charge >= 0.3 is 0 Å². The molecule has 402 valence electrons. The fourth-order valence-corrected chi connectivity index (χ4v) is 8.80. The molecule has 3 atom stereocenters. The number of unbranched alkanes of at least 4 members (excludes halogenated alkanes) is 29. The van der Waals surface area contributed by atoms with Gasteiger partial charge in [-0.2, -0.15) is 0 Å². The molecular weight excluding hydrogens is 876 g/mol. The third kappa shape index (κ3) is 53.6. The summed E-state index contributed by atoms with van der Waals surface area (Å²) in [5.74, 6) is -0.216. The number of amides is 1. The molecule has 1 amide bonds. The number of likely N-dealkylation sites (N-methyl/N-ethyl adjacent to an activating group) is 1. The predicted octanol–water partition coefficient (Wildman–Crippen LogP) is 16.9. The Morgan fingerprint density at radius 1 is 0.507 bits per heavy atom. The van der Waals surface area contributed by atoms with E-state index >= 15 is 0 Å². The van der Waals surface area contributed by atoms with Crippen LogP contribution in [0.25, 0.3) is 0 Å². The lowest BCUT2D eigenvalue weighted by Crippen LogP contribution is -2.45. The average Bonchev–Trinajstić information content (AvgIpc) is 3.31. The van der Waals surface area contributed by atoms with Crippen molar-refractivity contribution in [3.8, 4) is 0 Å². The molecule has 0 aromatic rings. The standard InChI is InChI=1S/C60H111N2O6P/c1-6-8-10-12-14-16-18-20-22-24-26-28-30-31-32-34-36-38-40-42-44-46-48-50-52-54-60(64)61-58(57-68-69(65,66)67-56-55-62(3,4)5)59(63)53-51-49-47-45-43-41-39-37-35-33-29-27-25-23-21-19-17-15-13-11-9-7-2/h18,20,24,26,30-31,35,37,43,45,51,53,58-59,63H,6-17,19,21-23,25,27-29,32-34,36,38-42,44,46-50,52,54-57H2,1-5H3,(H-,61,64,65,66)/b20-18-,26-24-,31-30-,37-35+,45-43+,53-51+. The van der Waals surface area contributed by atoms with Crippen LogP contribution in [0.3, 0.4) is 0 Å². The molecule has 0 heterocycles. The Morgan fingerprint density at radius 3 is 1.28 bits per heavy atom. The first-order valence-electron chi connectivity index (χ1n) is 28.8. The maximum absolute atomic E-state index is 13.0. The number of quaternary nitrogens is 1. The van der Waals surface area contributed by atoms with Gasteiger partial charge in [0.25, 0.3) is 7.82 Å². The SMILES string of the molecule is CCCCCCC/C=C\C/C=C\C/C=C\CCCCCCCCCCCCC(=O)NC(COP(=O)([O-])OCC[N+](C)(C)C)C(O)/C=C/CC/C=C/CC/C=C/CCCCCCCCCCCCCC. The number of carbonyl (C=O) groups is 1. The van der Waals surface area contributed by atoms with Crippen molar-refractivity contribution in [2.75, 3.05) is 40.9 Å². The van der Waals surface area contributed by atoms with E-state index in [1.54, 1.807) is 6.08 Å². The quantitative estimate of drug-likeness (QED) is 0.0272. The summed E-state index contributed by atoms with van der Waals surface area (Å²) in [6, 6.07) is -0.916. The van der Waals surface area contributed by atoms with E-state index in [2.05, 4.69) is 79.9 Å². The lowest BCUT2D eigenvalue weighted by molar-refractivity contribution is -0.870. The highest BCUT2D eigenvalue weighted by Gasteiger charge is 2.23. The van der Waals surface area contributed by atoms with E-state index in [9.17, 15) is 19.4 Å². The average molecular weight is 988 g/mol. The molecule has 3 unspecified atom stereocenters. The van der Waals surface area contributed by atoms with Crippen LogP contribution in [0.5, 0.6) is 0 Å². The Morgan fingerprint density at radius 2 is 0.855 bits per heavy atom. The molecule has 0 bridgehead atoms. The molecule has 9 heteroatoms. The van der Waals surface area contributed by atoms with Crippen molar-refractivity contribution < 1.29 is 32.9 Å². The second kappa shape index (κ2) is 50.9. The Balaban J connectivity index is 4.31. The van der Waals surface area contributed by atoms with Gasteiger partial charge in [-0.15, -0.1) is 0 Å². The van der Waals surface area contributed by atoms with Gasteiger partial charge in [-0.1, -0.05) is 234 Å². The first-order chi connectivity index (χ1) is 33.5. The number of phosphoric acid groups is 1. The van der Waals surface area contributed by atoms with Gasteiger partial charge in [0, 0.05) is 6.42 Å². The third-order valence-corrected chi connectivity index (χ3v) is 13.6. The lowest BCUT2D eigenvalue weighted by Gasteiger charge is -2.29. The van der Waals surface area contributed by atoms with Gasteiger partial charge in [-0.05, 0) is 83.5 Å². The molecule has 0 radical (unpaired) electrons. The van der Waals surface area contributed by atoms with E-state index in [4.69, 9.17) is 9.05 Å². The summed E-state index contributed by atoms with van der Waals surface area (Å²) in [5, 5.41) is 13.9. The number of rotatable bonds is 52. The summed E-state index contributed by atoms with van der Waals surface area (Å²) in [4.78, 5) is 25.5. The van der Waals surface area contributed by atoms with Crippen molar-refractivity contribution in [1.82, 2.24) is 5.32 Å². The van der Waals surface area contributed by atoms with Crippen molar-refractivity contribution in [1.29, 1.82) is 0 Å². The fourth-order valence-electron chi connectivity index (χ4n) is 8.07. The zero-order chi connectivity index (χ0) is 50.6. The molecule has 0 saturated heterocycles. The van der Waals surface area contributed by atoms with Gasteiger partial charge in [-0.25, -0.2) is 0 Å². The first kappa shape index (κ1) is 66.9. The number of hydrogen-bond donors (Lipinski definition) is 2. The van der Waals surface area contributed by atoms with Gasteiger partial charge in [0.2, 0.25) is 5.91 Å². The topological polar surface area (TPSA) is 108 Å². The van der Waals surface area contributed by atoms with Crippen LogP contribution in [0.15, 0.2) is 72.9 Å². The Kier molecular flexibility index (Phi) is 49.3. The van der Waals surface area contributed by atoms with Crippen LogP contribution in [-0.4, -0.2) is 68.5 Å². The summed E-state index contributed by atoms with van der Waals surface area (Å²) in [5.41, 5.74) is 0. The van der Waals surface area contributed by atoms with E-state index in [1.165, 1.54) is 173 Å². The molecule has 69 heavy (non-hydrogen) atoms. The van der Waals surface area contributed by atoms with Crippen molar-refractivity contribution in [2.45, 2.75) is 264 Å². The van der Waals surface area contributed by atoms with Gasteiger partial charge in [-0.3, -0.25) is 9.36 Å². The molecule has 0 rings (SSSR count). The van der Waals surface area contributed by atoms with Crippen LogP contribution in [-0.2, 0) is 18.4 Å². The number of nitrogens with one attached hydrogen (secondary N) is 1. The maximum atomic E-state index is 13.0. The normalized spacial score (nSPS) is 14.5. The highest BCUT2D eigenvalue weighted by atomic mass is 31.2. The highest BCUT2D eigenvalue weighted by Crippen LogP contribution is 2.38. The molecule has 0 aliphatic heterocycles. The molecule has 0 saturated carbocycles. The molecule has 8 nitrogen and oxygen atoms in total. The summed E-state index contributed by atoms with van der Waals surface area (Å²) >= 11 is 0. The molecule has 0 aliphatic rings. The Hall–Kier alpha value is -2.06. The lowest BCUT2D eigenvalue weighted by atomic mass is 10.0. The summed E-state index contributed by atoms with van der Waals surface area (Å²) in [7, 11) is 1.23. The second-order valence-corrected chi connectivity index (χ2v) is 22.0. The van der Waals surface area contributed by atoms with E-state index in [0.717, 1.165) is 57.8 Å². The van der Waals surface area contributed by atoms with Crippen LogP contribution in [0.4, 0.5) is 0 Å². The van der Waals surface area contributed by atoms with E-state index in [0.29, 0.717) is 17.4 Å². The number of aliphatic hydroxyl groups excluding tert-OH is 1. The molecule has 0 aromatic heterocycles. The van der Waals surface area contributed by atoms with Crippen LogP contribution < -0.4 is 10.2 Å². The van der Waals surface area contributed by atoms with E-state index < -0.39 is 26.6 Å². The predicted molar refractivity (Wildman–Crippen MR) is 297 cm³/mol. The number of allylic oxidation sites excluding steroid dienone is 11. The molecule has 0 fully saturated rings. The van der Waals surface area contributed by atoms with Gasteiger partial charge < -0.3 is 28.8 Å². The largest absolute Gasteiger partial charge is 0.756 e. The second-order valence-electron chi connectivity index (χ2n) is 20.6. The van der Waals surface area contributed by atoms with E-state index in [1.807, 2.05) is 27.2 Å². The van der Waals surface area contributed by atoms with E-state index in [-0.39, 0.29) is 12.5 Å². The van der Waals surface area contributed by atoms with Crippen molar-refractivity contribution in [3.05, 3.63) is 72.9 Å². The Bertz CT molecular complexity index is 1350. The number of carbonyl (C=O) groups excluding carboxylic acids is 1. The zero-order valence-electron chi connectivity index (χ0n) is 45.8. The fraction of sp³-hybridized carbons (Fsp3) is 0.783. The van der Waals surface area contributed by atoms with Gasteiger partial charge in [0.15, 0.2) is 0 Å².